The number of rotatable bonds is 4. The monoisotopic (exact) mass is 364 g/mol. The van der Waals surface area contributed by atoms with Crippen molar-refractivity contribution in [1.82, 2.24) is 9.21 Å². The summed E-state index contributed by atoms with van der Waals surface area (Å²) in [6, 6.07) is 10.5. The molecule has 5 nitrogen and oxygen atoms in total. The molecule has 1 amide bonds. The van der Waals surface area contributed by atoms with Crippen LogP contribution in [0.2, 0.25) is 0 Å². The summed E-state index contributed by atoms with van der Waals surface area (Å²) in [7, 11) is -3.20. The zero-order chi connectivity index (χ0) is 17.9. The van der Waals surface area contributed by atoms with Crippen molar-refractivity contribution in [3.63, 3.8) is 0 Å². The highest BCUT2D eigenvalue weighted by molar-refractivity contribution is 7.88. The van der Waals surface area contributed by atoms with Gasteiger partial charge in [-0.05, 0) is 43.6 Å². The van der Waals surface area contributed by atoms with E-state index in [-0.39, 0.29) is 11.8 Å². The molecule has 2 aliphatic rings. The molecule has 0 bridgehead atoms. The standard InChI is InChI=1S/C19H28N2O3S/c1-25(23,24)21-11-5-8-18(15-21)19(22)20-12-9-17(10-13-20)14-16-6-3-2-4-7-16/h2-4,6-7,17-18H,5,8-15H2,1H3. The first kappa shape index (κ1) is 18.4. The third-order valence-electron chi connectivity index (χ3n) is 5.50. The van der Waals surface area contributed by atoms with Gasteiger partial charge < -0.3 is 4.90 Å². The first-order valence-electron chi connectivity index (χ1n) is 9.21. The van der Waals surface area contributed by atoms with Crippen molar-refractivity contribution in [3.05, 3.63) is 35.9 Å². The molecule has 0 spiro atoms. The van der Waals surface area contributed by atoms with Crippen molar-refractivity contribution in [1.29, 1.82) is 0 Å². The molecule has 2 aliphatic heterocycles. The maximum atomic E-state index is 12.8. The number of amides is 1. The largest absolute Gasteiger partial charge is 0.342 e. The highest BCUT2D eigenvalue weighted by Gasteiger charge is 2.33. The summed E-state index contributed by atoms with van der Waals surface area (Å²) in [5.74, 6) is 0.603. The number of hydrogen-bond acceptors (Lipinski definition) is 3. The summed E-state index contributed by atoms with van der Waals surface area (Å²) >= 11 is 0. The molecule has 138 valence electrons. The zero-order valence-corrected chi connectivity index (χ0v) is 15.7. The van der Waals surface area contributed by atoms with Crippen molar-refractivity contribution >= 4 is 15.9 Å². The number of piperidine rings is 2. The summed E-state index contributed by atoms with van der Waals surface area (Å²) < 4.78 is 25.0. The summed E-state index contributed by atoms with van der Waals surface area (Å²) in [5.41, 5.74) is 1.36. The highest BCUT2D eigenvalue weighted by Crippen LogP contribution is 2.26. The summed E-state index contributed by atoms with van der Waals surface area (Å²) in [5, 5.41) is 0. The number of likely N-dealkylation sites (tertiary alicyclic amines) is 1. The van der Waals surface area contributed by atoms with Gasteiger partial charge in [-0.3, -0.25) is 4.79 Å². The molecule has 1 aromatic rings. The van der Waals surface area contributed by atoms with E-state index in [9.17, 15) is 13.2 Å². The maximum absolute atomic E-state index is 12.8. The topological polar surface area (TPSA) is 57.7 Å². The van der Waals surface area contributed by atoms with Crippen LogP contribution in [0.3, 0.4) is 0 Å². The van der Waals surface area contributed by atoms with E-state index in [1.54, 1.807) is 0 Å². The van der Waals surface area contributed by atoms with Crippen LogP contribution in [0, 0.1) is 11.8 Å². The van der Waals surface area contributed by atoms with Gasteiger partial charge in [-0.15, -0.1) is 0 Å². The summed E-state index contributed by atoms with van der Waals surface area (Å²) in [6.07, 6.45) is 5.94. The smallest absolute Gasteiger partial charge is 0.227 e. The average Bonchev–Trinajstić information content (AvgIpc) is 2.62. The average molecular weight is 365 g/mol. The Kier molecular flexibility index (Phi) is 5.79. The van der Waals surface area contributed by atoms with Crippen molar-refractivity contribution < 1.29 is 13.2 Å². The van der Waals surface area contributed by atoms with Gasteiger partial charge in [0.05, 0.1) is 12.2 Å². The molecule has 3 rings (SSSR count). The lowest BCUT2D eigenvalue weighted by atomic mass is 9.89. The van der Waals surface area contributed by atoms with E-state index in [0.29, 0.717) is 19.0 Å². The molecule has 1 atom stereocenters. The SMILES string of the molecule is CS(=O)(=O)N1CCCC(C(=O)N2CCC(Cc3ccccc3)CC2)C1. The predicted molar refractivity (Wildman–Crippen MR) is 98.6 cm³/mol. The lowest BCUT2D eigenvalue weighted by Crippen LogP contribution is -2.48. The van der Waals surface area contributed by atoms with Crippen molar-refractivity contribution in [3.8, 4) is 0 Å². The molecule has 6 heteroatoms. The van der Waals surface area contributed by atoms with E-state index in [1.165, 1.54) is 16.1 Å². The van der Waals surface area contributed by atoms with Crippen LogP contribution in [-0.4, -0.2) is 56.0 Å². The number of carbonyl (C=O) groups excluding carboxylic acids is 1. The Hall–Kier alpha value is -1.40. The van der Waals surface area contributed by atoms with Gasteiger partial charge >= 0.3 is 0 Å². The molecule has 0 N–H and O–H groups in total. The summed E-state index contributed by atoms with van der Waals surface area (Å²) in [6.45, 7) is 2.49. The van der Waals surface area contributed by atoms with Crippen LogP contribution >= 0.6 is 0 Å². The van der Waals surface area contributed by atoms with Gasteiger partial charge in [-0.25, -0.2) is 12.7 Å². The molecule has 2 heterocycles. The number of nitrogens with zero attached hydrogens (tertiary/aromatic N) is 2. The minimum Gasteiger partial charge on any atom is -0.342 e. The molecule has 0 saturated carbocycles. The first-order valence-corrected chi connectivity index (χ1v) is 11.1. The third-order valence-corrected chi connectivity index (χ3v) is 6.77. The van der Waals surface area contributed by atoms with Crippen molar-refractivity contribution in [2.45, 2.75) is 32.1 Å². The fraction of sp³-hybridized carbons (Fsp3) is 0.632. The minimum absolute atomic E-state index is 0.145. The molecule has 0 aromatic heterocycles. The molecular formula is C19H28N2O3S. The Balaban J connectivity index is 1.51. The van der Waals surface area contributed by atoms with E-state index in [4.69, 9.17) is 0 Å². The van der Waals surface area contributed by atoms with Crippen LogP contribution in [0.5, 0.6) is 0 Å². The van der Waals surface area contributed by atoms with Crippen LogP contribution in [0.4, 0.5) is 0 Å². The second kappa shape index (κ2) is 7.87. The second-order valence-electron chi connectivity index (χ2n) is 7.42. The van der Waals surface area contributed by atoms with Gasteiger partial charge in [0.15, 0.2) is 0 Å². The van der Waals surface area contributed by atoms with Crippen molar-refractivity contribution in [2.75, 3.05) is 32.4 Å². The molecule has 0 aliphatic carbocycles. The van der Waals surface area contributed by atoms with Gasteiger partial charge in [-0.2, -0.15) is 0 Å². The fourth-order valence-electron chi connectivity index (χ4n) is 4.01. The Morgan fingerprint density at radius 3 is 2.40 bits per heavy atom. The quantitative estimate of drug-likeness (QED) is 0.822. The Morgan fingerprint density at radius 1 is 1.08 bits per heavy atom. The van der Waals surface area contributed by atoms with Crippen LogP contribution in [0.25, 0.3) is 0 Å². The minimum atomic E-state index is -3.20. The Labute approximate surface area is 151 Å². The zero-order valence-electron chi connectivity index (χ0n) is 14.9. The fourth-order valence-corrected chi connectivity index (χ4v) is 4.92. The number of sulfonamides is 1. The van der Waals surface area contributed by atoms with Crippen molar-refractivity contribution in [2.24, 2.45) is 11.8 Å². The van der Waals surface area contributed by atoms with Gasteiger partial charge in [0.25, 0.3) is 0 Å². The lowest BCUT2D eigenvalue weighted by Gasteiger charge is -2.37. The summed E-state index contributed by atoms with van der Waals surface area (Å²) in [4.78, 5) is 14.8. The third kappa shape index (κ3) is 4.82. The van der Waals surface area contributed by atoms with Crippen LogP contribution in [0.1, 0.15) is 31.2 Å². The Bertz CT molecular complexity index is 682. The van der Waals surface area contributed by atoms with E-state index >= 15 is 0 Å². The first-order chi connectivity index (χ1) is 11.9. The van der Waals surface area contributed by atoms with Gasteiger partial charge in [0.1, 0.15) is 0 Å². The van der Waals surface area contributed by atoms with Gasteiger partial charge in [0.2, 0.25) is 15.9 Å². The lowest BCUT2D eigenvalue weighted by molar-refractivity contribution is -0.138. The molecule has 2 fully saturated rings. The Morgan fingerprint density at radius 2 is 1.76 bits per heavy atom. The molecule has 0 radical (unpaired) electrons. The molecule has 2 saturated heterocycles. The van der Waals surface area contributed by atoms with Crippen LogP contribution in [0.15, 0.2) is 30.3 Å². The molecule has 1 unspecified atom stereocenters. The normalized spacial score (nSPS) is 23.6. The number of carbonyl (C=O) groups is 1. The molecule has 1 aromatic carbocycles. The van der Waals surface area contributed by atoms with E-state index in [1.807, 2.05) is 11.0 Å². The molecular weight excluding hydrogens is 336 g/mol. The van der Waals surface area contributed by atoms with Crippen LogP contribution in [-0.2, 0) is 21.2 Å². The van der Waals surface area contributed by atoms with E-state index in [0.717, 1.165) is 45.2 Å². The number of benzene rings is 1. The van der Waals surface area contributed by atoms with Crippen LogP contribution < -0.4 is 0 Å². The van der Waals surface area contributed by atoms with Gasteiger partial charge in [-0.1, -0.05) is 30.3 Å². The highest BCUT2D eigenvalue weighted by atomic mass is 32.2. The van der Waals surface area contributed by atoms with E-state index in [2.05, 4.69) is 24.3 Å². The second-order valence-corrected chi connectivity index (χ2v) is 9.40. The predicted octanol–water partition coefficient (Wildman–Crippen LogP) is 2.14. The van der Waals surface area contributed by atoms with Gasteiger partial charge in [0, 0.05) is 26.2 Å². The van der Waals surface area contributed by atoms with E-state index < -0.39 is 10.0 Å². The molecule has 25 heavy (non-hydrogen) atoms. The maximum Gasteiger partial charge on any atom is 0.227 e. The number of hydrogen-bond donors (Lipinski definition) is 0.